The van der Waals surface area contributed by atoms with Gasteiger partial charge in [0.15, 0.2) is 0 Å². The third-order valence-electron chi connectivity index (χ3n) is 1.03. The Kier molecular flexibility index (Phi) is 1.41. The van der Waals surface area contributed by atoms with Gasteiger partial charge >= 0.3 is 0 Å². The van der Waals surface area contributed by atoms with E-state index < -0.39 is 10.1 Å². The molecule has 10 heavy (non-hydrogen) atoms. The molecule has 0 atom stereocenters. The Bertz CT molecular complexity index is 319. The van der Waals surface area contributed by atoms with Crippen molar-refractivity contribution >= 4 is 10.1 Å². The fraction of sp³-hybridized carbons (Fsp3) is 0. The first kappa shape index (κ1) is 5.88. The molecule has 1 aromatic rings. The van der Waals surface area contributed by atoms with E-state index in [2.05, 4.69) is 4.56 Å². The van der Waals surface area contributed by atoms with E-state index in [9.17, 15) is 8.42 Å². The molecular weight excluding hydrogens is 152 g/mol. The summed E-state index contributed by atoms with van der Waals surface area (Å²) in [7, 11) is -3.83. The monoisotopic (exact) mass is 159 g/mol. The minimum Gasteiger partial charge on any atom is -0.282 e. The Morgan fingerprint density at radius 1 is 1.30 bits per heavy atom. The van der Waals surface area contributed by atoms with Gasteiger partial charge in [0.05, 0.1) is 4.90 Å². The van der Waals surface area contributed by atoms with Crippen LogP contribution in [-0.2, 0) is 10.1 Å². The minimum absolute atomic E-state index is 0.00463. The van der Waals surface area contributed by atoms with Crippen LogP contribution >= 0.6 is 0 Å². The zero-order chi connectivity index (χ0) is 8.32. The minimum atomic E-state index is -3.83. The number of hydrogen-bond acceptors (Lipinski definition) is 3. The SMILES string of the molecule is [2H]OS(=O)(=O)c1ccccc1. The van der Waals surface area contributed by atoms with Gasteiger partial charge in [-0.05, 0) is 12.1 Å². The third kappa shape index (κ3) is 1.55. The van der Waals surface area contributed by atoms with Crippen molar-refractivity contribution in [2.45, 2.75) is 4.90 Å². The highest BCUT2D eigenvalue weighted by Crippen LogP contribution is 2.05. The Balaban J connectivity index is 3.14. The summed E-state index contributed by atoms with van der Waals surface area (Å²) in [6.07, 6.45) is 0. The summed E-state index contributed by atoms with van der Waals surface area (Å²) in [6, 6.07) is 7.54. The van der Waals surface area contributed by atoms with Gasteiger partial charge in [0, 0.05) is 0 Å². The normalized spacial score (nSPS) is 12.6. The molecule has 0 aromatic heterocycles. The maximum atomic E-state index is 10.8. The van der Waals surface area contributed by atoms with Crippen molar-refractivity contribution in [3.8, 4) is 0 Å². The lowest BCUT2D eigenvalue weighted by atomic mass is 10.4. The molecule has 0 heterocycles. The Labute approximate surface area is 60.6 Å². The Morgan fingerprint density at radius 3 is 2.40 bits per heavy atom. The lowest BCUT2D eigenvalue weighted by Crippen LogP contribution is -1.96. The van der Waals surface area contributed by atoms with Crippen LogP contribution < -0.4 is 0 Å². The van der Waals surface area contributed by atoms with E-state index in [1.54, 1.807) is 18.2 Å². The maximum absolute atomic E-state index is 10.8. The van der Waals surface area contributed by atoms with Crippen LogP contribution in [-0.4, -0.2) is 13.0 Å². The molecule has 0 unspecified atom stereocenters. The number of rotatable bonds is 2. The Hall–Kier alpha value is -0.870. The predicted molar refractivity (Wildman–Crippen MR) is 36.3 cm³/mol. The van der Waals surface area contributed by atoms with E-state index in [1.165, 1.54) is 12.1 Å². The van der Waals surface area contributed by atoms with Crippen LogP contribution in [0.5, 0.6) is 0 Å². The van der Waals surface area contributed by atoms with Gasteiger partial charge in [-0.25, -0.2) is 0 Å². The van der Waals surface area contributed by atoms with Gasteiger partial charge in [0.25, 0.3) is 10.1 Å². The predicted octanol–water partition coefficient (Wildman–Crippen LogP) is 0.933. The average Bonchev–Trinajstić information content (AvgIpc) is 2.06. The van der Waals surface area contributed by atoms with Crippen LogP contribution in [0.15, 0.2) is 35.2 Å². The summed E-state index contributed by atoms with van der Waals surface area (Å²) >= 11 is 0. The van der Waals surface area contributed by atoms with E-state index in [-0.39, 0.29) is 4.90 Å². The molecule has 3 nitrogen and oxygen atoms in total. The smallest absolute Gasteiger partial charge is 0.282 e. The van der Waals surface area contributed by atoms with Crippen LogP contribution in [0.1, 0.15) is 0 Å². The lowest BCUT2D eigenvalue weighted by molar-refractivity contribution is 0.483. The number of hydrogen-bond donors (Lipinski definition) is 1. The van der Waals surface area contributed by atoms with Crippen LogP contribution in [0.3, 0.4) is 0 Å². The van der Waals surface area contributed by atoms with Crippen LogP contribution in [0.2, 0.25) is 0 Å². The molecule has 1 aromatic carbocycles. The molecule has 0 fully saturated rings. The first-order valence-electron chi connectivity index (χ1n) is 3.02. The molecule has 0 aliphatic carbocycles. The summed E-state index contributed by atoms with van der Waals surface area (Å²) in [5, 5.41) is 0. The van der Waals surface area contributed by atoms with Gasteiger partial charge in [-0.1, -0.05) is 18.2 Å². The molecular formula is C6H6O3S. The van der Waals surface area contributed by atoms with E-state index in [1.807, 2.05) is 0 Å². The third-order valence-corrected chi connectivity index (χ3v) is 1.88. The van der Waals surface area contributed by atoms with E-state index in [0.29, 0.717) is 0 Å². The molecule has 0 bridgehead atoms. The highest BCUT2D eigenvalue weighted by atomic mass is 32.2. The molecule has 0 spiro atoms. The second kappa shape index (κ2) is 2.40. The van der Waals surface area contributed by atoms with Crippen molar-refractivity contribution in [2.75, 3.05) is 0 Å². The summed E-state index contributed by atoms with van der Waals surface area (Å²) in [6.45, 7) is 0. The van der Waals surface area contributed by atoms with Crippen molar-refractivity contribution in [3.63, 3.8) is 0 Å². The lowest BCUT2D eigenvalue weighted by Gasteiger charge is -1.92. The molecule has 54 valence electrons. The van der Waals surface area contributed by atoms with Crippen LogP contribution in [0.25, 0.3) is 1.43 Å². The summed E-state index contributed by atoms with van der Waals surface area (Å²) in [5.41, 5.74) is 0. The van der Waals surface area contributed by atoms with Gasteiger partial charge in [-0.2, -0.15) is 8.42 Å². The average molecular weight is 159 g/mol. The van der Waals surface area contributed by atoms with Crippen molar-refractivity contribution < 1.29 is 13.0 Å². The second-order valence-electron chi connectivity index (χ2n) is 1.77. The number of benzene rings is 1. The fourth-order valence-corrected chi connectivity index (χ4v) is 1.08. The summed E-state index contributed by atoms with van der Waals surface area (Å²) in [4.78, 5) is -0.00463. The first-order valence-corrected chi connectivity index (χ1v) is 4.02. The van der Waals surface area contributed by atoms with Crippen molar-refractivity contribution in [3.05, 3.63) is 30.3 Å². The van der Waals surface area contributed by atoms with Gasteiger partial charge in [0.1, 0.15) is 0 Å². The Morgan fingerprint density at radius 2 is 1.90 bits per heavy atom. The van der Waals surface area contributed by atoms with Crippen molar-refractivity contribution in [1.29, 1.82) is 1.43 Å². The summed E-state index contributed by atoms with van der Waals surface area (Å²) in [5.74, 6) is 0. The van der Waals surface area contributed by atoms with Gasteiger partial charge < -0.3 is 0 Å². The van der Waals surface area contributed by atoms with Crippen molar-refractivity contribution in [1.82, 2.24) is 0 Å². The molecule has 0 amide bonds. The standard InChI is InChI=1S/C6H6O3S/c7-10(8,9)6-4-2-1-3-5-6/h1-5H,(H,7,8,9)/i/hD. The molecule has 0 saturated heterocycles. The van der Waals surface area contributed by atoms with E-state index >= 15 is 0 Å². The summed E-state index contributed by atoms with van der Waals surface area (Å²) < 4.78 is 31.4. The highest BCUT2D eigenvalue weighted by Gasteiger charge is 2.05. The van der Waals surface area contributed by atoms with E-state index in [4.69, 9.17) is 1.43 Å². The molecule has 1 rings (SSSR count). The van der Waals surface area contributed by atoms with Gasteiger partial charge in [-0.15, -0.1) is 0 Å². The molecule has 4 heteroatoms. The highest BCUT2D eigenvalue weighted by molar-refractivity contribution is 7.85. The second-order valence-corrected chi connectivity index (χ2v) is 3.15. The van der Waals surface area contributed by atoms with Gasteiger partial charge in [-0.3, -0.25) is 4.56 Å². The largest absolute Gasteiger partial charge is 0.294 e. The van der Waals surface area contributed by atoms with Gasteiger partial charge in [0.2, 0.25) is 1.43 Å². The topological polar surface area (TPSA) is 54.4 Å². The molecule has 0 saturated carbocycles. The van der Waals surface area contributed by atoms with Crippen LogP contribution in [0, 0.1) is 0 Å². The van der Waals surface area contributed by atoms with Crippen LogP contribution in [0.4, 0.5) is 0 Å². The zero-order valence-corrected chi connectivity index (χ0v) is 5.84. The molecule has 0 aliphatic heterocycles. The molecule has 1 N–H and O–H groups in total. The molecule has 0 radical (unpaired) electrons. The van der Waals surface area contributed by atoms with Crippen molar-refractivity contribution in [2.24, 2.45) is 0 Å². The fourth-order valence-electron chi connectivity index (χ4n) is 0.587. The van der Waals surface area contributed by atoms with E-state index in [0.717, 1.165) is 0 Å². The maximum Gasteiger partial charge on any atom is 0.294 e. The zero-order valence-electron chi connectivity index (χ0n) is 6.02. The quantitative estimate of drug-likeness (QED) is 0.653. The first-order chi connectivity index (χ1) is 5.17. The molecule has 0 aliphatic rings.